The highest BCUT2D eigenvalue weighted by Gasteiger charge is 2.48. The smallest absolute Gasteiger partial charge is 0.192 e. The standard InChI is InChI=1S/C19H44O3Si2.C6H14O3.C6H16Si.2CH4/c1-11-23(12-2,13-3)21-18(7,8)17(20)19(9,10)22-24(14-4,15-5)16-6;1-4(7)5(8)6(2,3)9;1-4-7(5-2)6-3;;/h17,20H,11-16H2,1-10H3;4-5,7-9H,1-3H3;7H,4-6H2,1-3H3;2*1H4. The first-order valence-electron chi connectivity index (χ1n) is 16.3. The second-order valence-corrected chi connectivity index (χ2v) is 26.8. The van der Waals surface area contributed by atoms with Crippen LogP contribution in [-0.4, -0.2) is 81.0 Å². The third-order valence-corrected chi connectivity index (χ3v) is 22.2. The Labute approximate surface area is 269 Å². The van der Waals surface area contributed by atoms with Gasteiger partial charge in [-0.05, 0) is 84.7 Å². The monoisotopic (exact) mass is 659 g/mol. The van der Waals surface area contributed by atoms with E-state index in [2.05, 4.69) is 62.3 Å². The summed E-state index contributed by atoms with van der Waals surface area (Å²) in [4.78, 5) is 0. The first-order valence-corrected chi connectivity index (χ1v) is 23.8. The second kappa shape index (κ2) is 23.7. The first kappa shape index (κ1) is 52.0. The van der Waals surface area contributed by atoms with Gasteiger partial charge in [0.15, 0.2) is 16.6 Å². The Morgan fingerprint density at radius 3 is 0.905 bits per heavy atom. The zero-order valence-corrected chi connectivity index (χ0v) is 32.9. The number of aliphatic hydroxyl groups is 4. The number of hydrogen-bond acceptors (Lipinski definition) is 6. The maximum absolute atomic E-state index is 11.2. The fourth-order valence-corrected chi connectivity index (χ4v) is 13.5. The van der Waals surface area contributed by atoms with E-state index in [1.165, 1.54) is 38.9 Å². The van der Waals surface area contributed by atoms with Crippen LogP contribution in [0.15, 0.2) is 0 Å². The van der Waals surface area contributed by atoms with Crippen molar-refractivity contribution in [2.24, 2.45) is 0 Å². The molecule has 0 saturated heterocycles. The van der Waals surface area contributed by atoms with Crippen molar-refractivity contribution < 1.29 is 29.3 Å². The molecule has 4 N–H and O–H groups in total. The molecule has 9 heteroatoms. The van der Waals surface area contributed by atoms with Gasteiger partial charge < -0.3 is 29.3 Å². The van der Waals surface area contributed by atoms with Crippen molar-refractivity contribution in [3.63, 3.8) is 0 Å². The first-order chi connectivity index (χ1) is 18.1. The highest BCUT2D eigenvalue weighted by molar-refractivity contribution is 6.74. The van der Waals surface area contributed by atoms with Crippen LogP contribution in [0.5, 0.6) is 0 Å². The Kier molecular flexibility index (Phi) is 29.3. The van der Waals surface area contributed by atoms with Crippen LogP contribution in [-0.2, 0) is 8.85 Å². The third-order valence-electron chi connectivity index (χ3n) is 9.05. The van der Waals surface area contributed by atoms with Crippen LogP contribution in [0.1, 0.15) is 126 Å². The molecule has 6 nitrogen and oxygen atoms in total. The summed E-state index contributed by atoms with van der Waals surface area (Å²) in [5.74, 6) is 0. The summed E-state index contributed by atoms with van der Waals surface area (Å²) in [6, 6.07) is 11.0. The van der Waals surface area contributed by atoms with Crippen molar-refractivity contribution in [1.82, 2.24) is 0 Å². The molecular weight excluding hydrogens is 577 g/mol. The molecule has 0 amide bonds. The Hall–Kier alpha value is 0.411. The quantitative estimate of drug-likeness (QED) is 0.116. The van der Waals surface area contributed by atoms with Gasteiger partial charge in [-0.1, -0.05) is 95.3 Å². The minimum Gasteiger partial charge on any atom is -0.409 e. The Morgan fingerprint density at radius 1 is 0.571 bits per heavy atom. The molecule has 2 atom stereocenters. The molecular formula is C33H82O6Si3. The highest BCUT2D eigenvalue weighted by atomic mass is 28.4. The minimum atomic E-state index is -1.78. The average molecular weight is 659 g/mol. The van der Waals surface area contributed by atoms with Gasteiger partial charge in [0.1, 0.15) is 12.2 Å². The summed E-state index contributed by atoms with van der Waals surface area (Å²) in [7, 11) is -3.74. The topological polar surface area (TPSA) is 99.4 Å². The summed E-state index contributed by atoms with van der Waals surface area (Å²) >= 11 is 0. The van der Waals surface area contributed by atoms with Crippen LogP contribution in [0.3, 0.4) is 0 Å². The van der Waals surface area contributed by atoms with E-state index in [0.717, 1.165) is 36.3 Å². The minimum absolute atomic E-state index is 0. The molecule has 0 aliphatic rings. The largest absolute Gasteiger partial charge is 0.409 e. The van der Waals surface area contributed by atoms with Gasteiger partial charge in [-0.15, -0.1) is 0 Å². The molecule has 0 aromatic heterocycles. The molecule has 0 aromatic carbocycles. The molecule has 2 unspecified atom stereocenters. The molecule has 0 fully saturated rings. The molecule has 0 bridgehead atoms. The van der Waals surface area contributed by atoms with E-state index in [-0.39, 0.29) is 23.7 Å². The van der Waals surface area contributed by atoms with Crippen LogP contribution in [0.4, 0.5) is 0 Å². The lowest BCUT2D eigenvalue weighted by molar-refractivity contribution is -0.129. The fraction of sp³-hybridized carbons (Fsp3) is 1.00. The van der Waals surface area contributed by atoms with Gasteiger partial charge in [0.2, 0.25) is 0 Å². The van der Waals surface area contributed by atoms with Crippen molar-refractivity contribution in [3.8, 4) is 0 Å². The van der Waals surface area contributed by atoms with E-state index in [0.29, 0.717) is 0 Å². The van der Waals surface area contributed by atoms with Crippen LogP contribution < -0.4 is 0 Å². The summed E-state index contributed by atoms with van der Waals surface area (Å²) in [6.45, 7) is 32.8. The van der Waals surface area contributed by atoms with Crippen molar-refractivity contribution in [3.05, 3.63) is 0 Å². The molecule has 0 aliphatic heterocycles. The van der Waals surface area contributed by atoms with E-state index in [9.17, 15) is 5.11 Å². The summed E-state index contributed by atoms with van der Waals surface area (Å²) in [6.07, 6.45) is -2.60. The van der Waals surface area contributed by atoms with Gasteiger partial charge in [0.05, 0.1) is 22.9 Å². The maximum atomic E-state index is 11.2. The van der Waals surface area contributed by atoms with Crippen molar-refractivity contribution in [2.75, 3.05) is 0 Å². The van der Waals surface area contributed by atoms with Crippen molar-refractivity contribution in [1.29, 1.82) is 0 Å². The summed E-state index contributed by atoms with van der Waals surface area (Å²) < 4.78 is 13.3. The van der Waals surface area contributed by atoms with E-state index < -0.39 is 51.7 Å². The normalized spacial score (nSPS) is 14.1. The van der Waals surface area contributed by atoms with Gasteiger partial charge >= 0.3 is 0 Å². The van der Waals surface area contributed by atoms with E-state index >= 15 is 0 Å². The second-order valence-electron chi connectivity index (χ2n) is 13.2. The van der Waals surface area contributed by atoms with Crippen molar-refractivity contribution in [2.45, 2.75) is 215 Å². The molecule has 262 valence electrons. The lowest BCUT2D eigenvalue weighted by Crippen LogP contribution is -2.60. The van der Waals surface area contributed by atoms with Crippen LogP contribution >= 0.6 is 0 Å². The number of aliphatic hydroxyl groups excluding tert-OH is 3. The molecule has 0 aliphatic carbocycles. The Morgan fingerprint density at radius 2 is 0.810 bits per heavy atom. The summed E-state index contributed by atoms with van der Waals surface area (Å²) in [5, 5.41) is 38.0. The number of hydrogen-bond donors (Lipinski definition) is 4. The van der Waals surface area contributed by atoms with Crippen LogP contribution in [0.25, 0.3) is 0 Å². The third kappa shape index (κ3) is 18.4. The maximum Gasteiger partial charge on any atom is 0.192 e. The average Bonchev–Trinajstić information content (AvgIpc) is 2.90. The molecule has 0 aromatic rings. The van der Waals surface area contributed by atoms with Crippen molar-refractivity contribution >= 4 is 25.4 Å². The van der Waals surface area contributed by atoms with E-state index in [1.54, 1.807) is 0 Å². The lowest BCUT2D eigenvalue weighted by atomic mass is 9.89. The molecule has 0 saturated carbocycles. The molecule has 42 heavy (non-hydrogen) atoms. The van der Waals surface area contributed by atoms with Crippen LogP contribution in [0, 0.1) is 0 Å². The number of rotatable bonds is 17. The predicted molar refractivity (Wildman–Crippen MR) is 197 cm³/mol. The molecule has 0 heterocycles. The van der Waals surface area contributed by atoms with Gasteiger partial charge in [-0.2, -0.15) is 0 Å². The lowest BCUT2D eigenvalue weighted by Gasteiger charge is -2.48. The van der Waals surface area contributed by atoms with E-state index in [4.69, 9.17) is 24.2 Å². The Bertz CT molecular complexity index is 555. The van der Waals surface area contributed by atoms with E-state index in [1.807, 2.05) is 27.7 Å². The summed E-state index contributed by atoms with van der Waals surface area (Å²) in [5.41, 5.74) is -2.39. The van der Waals surface area contributed by atoms with Gasteiger partial charge in [0.25, 0.3) is 0 Å². The predicted octanol–water partition coefficient (Wildman–Crippen LogP) is 8.99. The van der Waals surface area contributed by atoms with Gasteiger partial charge in [-0.3, -0.25) is 0 Å². The fourth-order valence-electron chi connectivity index (χ4n) is 5.45. The van der Waals surface area contributed by atoms with Gasteiger partial charge in [-0.25, -0.2) is 0 Å². The molecule has 0 spiro atoms. The highest BCUT2D eigenvalue weighted by Crippen LogP contribution is 2.37. The zero-order chi connectivity index (χ0) is 32.6. The SMILES string of the molecule is C.C.CC(O)C(O)C(C)(C)O.CC[SiH](CC)CC.CC[Si](CC)(CC)OC(C)(C)C(O)C(C)(C)O[Si](CC)(CC)CC. The molecule has 0 rings (SSSR count). The van der Waals surface area contributed by atoms with Crippen LogP contribution in [0.2, 0.25) is 54.4 Å². The van der Waals surface area contributed by atoms with Gasteiger partial charge in [0, 0.05) is 8.80 Å². The molecule has 0 radical (unpaired) electrons. The zero-order valence-electron chi connectivity index (χ0n) is 29.8. The Balaban J connectivity index is -0.000000209.